The van der Waals surface area contributed by atoms with E-state index in [1.165, 1.54) is 30.5 Å². The van der Waals surface area contributed by atoms with E-state index in [1.54, 1.807) is 6.07 Å². The Hall–Kier alpha value is -2.16. The fourth-order valence-corrected chi connectivity index (χ4v) is 2.54. The fraction of sp³-hybridized carbons (Fsp3) is 0. The largest absolute Gasteiger partial charge is 0.478 e. The monoisotopic (exact) mass is 415 g/mol. The summed E-state index contributed by atoms with van der Waals surface area (Å²) in [5.74, 6) is -2.81. The Morgan fingerprint density at radius 1 is 1.23 bits per heavy atom. The number of furan rings is 1. The van der Waals surface area contributed by atoms with Crippen LogP contribution in [0.25, 0.3) is 11.0 Å². The lowest BCUT2D eigenvalue weighted by Crippen LogP contribution is -2.06. The molecule has 0 saturated heterocycles. The average molecular weight is 415 g/mol. The van der Waals surface area contributed by atoms with Gasteiger partial charge in [-0.3, -0.25) is 0 Å². The van der Waals surface area contributed by atoms with E-state index < -0.39 is 17.6 Å². The zero-order chi connectivity index (χ0) is 15.9. The quantitative estimate of drug-likeness (QED) is 0.606. The second-order valence-corrected chi connectivity index (χ2v) is 5.75. The molecule has 1 heterocycles. The molecule has 2 aromatic carbocycles. The normalized spacial score (nSPS) is 10.9. The van der Waals surface area contributed by atoms with Gasteiger partial charge in [-0.25, -0.2) is 13.6 Å². The van der Waals surface area contributed by atoms with Crippen LogP contribution in [0.15, 0.2) is 41.0 Å². The molecule has 0 aliphatic heterocycles. The minimum Gasteiger partial charge on any atom is -0.478 e. The Kier molecular flexibility index (Phi) is 3.73. The highest BCUT2D eigenvalue weighted by molar-refractivity contribution is 14.1. The fourth-order valence-electron chi connectivity index (χ4n) is 2.09. The molecule has 0 spiro atoms. The van der Waals surface area contributed by atoms with Crippen LogP contribution >= 0.6 is 22.6 Å². The molecule has 0 radical (unpaired) electrons. The SMILES string of the molecule is O=C(O)c1cc2ccoc2c(F)c1Nc1ccc(I)cc1F. The number of rotatable bonds is 3. The third-order valence-corrected chi connectivity index (χ3v) is 3.78. The van der Waals surface area contributed by atoms with E-state index in [2.05, 4.69) is 5.32 Å². The van der Waals surface area contributed by atoms with Crippen LogP contribution in [-0.2, 0) is 0 Å². The third-order valence-electron chi connectivity index (χ3n) is 3.10. The molecule has 0 aliphatic rings. The molecule has 1 aromatic heterocycles. The van der Waals surface area contributed by atoms with Gasteiger partial charge in [-0.05, 0) is 52.9 Å². The van der Waals surface area contributed by atoms with Crippen molar-refractivity contribution >= 4 is 50.9 Å². The van der Waals surface area contributed by atoms with Crippen molar-refractivity contribution in [3.63, 3.8) is 0 Å². The first kappa shape index (κ1) is 14.8. The maximum absolute atomic E-state index is 14.5. The standard InChI is InChI=1S/C15H8F2INO3/c16-10-6-8(18)1-2-11(10)19-13-9(15(20)21)5-7-3-4-22-14(7)12(13)17/h1-6,19H,(H,20,21). The number of carboxylic acids is 1. The van der Waals surface area contributed by atoms with E-state index in [9.17, 15) is 18.7 Å². The summed E-state index contributed by atoms with van der Waals surface area (Å²) < 4.78 is 34.0. The smallest absolute Gasteiger partial charge is 0.337 e. The van der Waals surface area contributed by atoms with E-state index in [4.69, 9.17) is 4.42 Å². The number of benzene rings is 2. The summed E-state index contributed by atoms with van der Waals surface area (Å²) in [7, 11) is 0. The second kappa shape index (κ2) is 5.56. The van der Waals surface area contributed by atoms with E-state index >= 15 is 0 Å². The molecule has 7 heteroatoms. The number of hydrogen-bond acceptors (Lipinski definition) is 3. The number of carbonyl (C=O) groups is 1. The van der Waals surface area contributed by atoms with Gasteiger partial charge in [0.2, 0.25) is 0 Å². The number of carboxylic acid groups (broad SMARTS) is 1. The van der Waals surface area contributed by atoms with Gasteiger partial charge < -0.3 is 14.8 Å². The zero-order valence-electron chi connectivity index (χ0n) is 10.9. The Labute approximate surface area is 136 Å². The molecule has 22 heavy (non-hydrogen) atoms. The van der Waals surface area contributed by atoms with Crippen molar-refractivity contribution in [2.45, 2.75) is 0 Å². The van der Waals surface area contributed by atoms with Crippen LogP contribution in [0.2, 0.25) is 0 Å². The molecular formula is C15H8F2INO3. The number of aromatic carboxylic acids is 1. The van der Waals surface area contributed by atoms with Crippen molar-refractivity contribution in [3.05, 3.63) is 57.4 Å². The van der Waals surface area contributed by atoms with Crippen molar-refractivity contribution < 1.29 is 23.1 Å². The van der Waals surface area contributed by atoms with Gasteiger partial charge in [0.25, 0.3) is 0 Å². The van der Waals surface area contributed by atoms with E-state index in [1.807, 2.05) is 22.6 Å². The molecule has 4 nitrogen and oxygen atoms in total. The van der Waals surface area contributed by atoms with Crippen molar-refractivity contribution in [2.24, 2.45) is 0 Å². The van der Waals surface area contributed by atoms with Crippen LogP contribution < -0.4 is 5.32 Å². The van der Waals surface area contributed by atoms with Gasteiger partial charge in [0.05, 0.1) is 23.2 Å². The molecule has 112 valence electrons. The number of anilines is 2. The molecule has 0 bridgehead atoms. The minimum atomic E-state index is -1.32. The topological polar surface area (TPSA) is 62.5 Å². The maximum Gasteiger partial charge on any atom is 0.337 e. The van der Waals surface area contributed by atoms with Crippen LogP contribution in [0.3, 0.4) is 0 Å². The van der Waals surface area contributed by atoms with Crippen LogP contribution in [0, 0.1) is 15.2 Å². The first-order valence-electron chi connectivity index (χ1n) is 6.12. The molecule has 0 saturated carbocycles. The average Bonchev–Trinajstić information content (AvgIpc) is 2.92. The molecule has 0 unspecified atom stereocenters. The van der Waals surface area contributed by atoms with Gasteiger partial charge in [0.15, 0.2) is 11.4 Å². The van der Waals surface area contributed by atoms with E-state index in [0.29, 0.717) is 8.96 Å². The highest BCUT2D eigenvalue weighted by atomic mass is 127. The summed E-state index contributed by atoms with van der Waals surface area (Å²) in [4.78, 5) is 11.3. The zero-order valence-corrected chi connectivity index (χ0v) is 13.0. The summed E-state index contributed by atoms with van der Waals surface area (Å²) >= 11 is 1.94. The van der Waals surface area contributed by atoms with Crippen molar-refractivity contribution in [1.29, 1.82) is 0 Å². The summed E-state index contributed by atoms with van der Waals surface area (Å²) in [6.07, 6.45) is 1.26. The molecular weight excluding hydrogens is 407 g/mol. The van der Waals surface area contributed by atoms with Gasteiger partial charge in [-0.15, -0.1) is 0 Å². The maximum atomic E-state index is 14.5. The van der Waals surface area contributed by atoms with Gasteiger partial charge in [0, 0.05) is 8.96 Å². The van der Waals surface area contributed by atoms with Gasteiger partial charge >= 0.3 is 5.97 Å². The molecule has 3 rings (SSSR count). The molecule has 2 N–H and O–H groups in total. The van der Waals surface area contributed by atoms with Crippen molar-refractivity contribution in [3.8, 4) is 0 Å². The molecule has 0 fully saturated rings. The number of fused-ring (bicyclic) bond motifs is 1. The Morgan fingerprint density at radius 3 is 2.68 bits per heavy atom. The Bertz CT molecular complexity index is 892. The molecule has 3 aromatic rings. The first-order valence-corrected chi connectivity index (χ1v) is 7.20. The summed E-state index contributed by atoms with van der Waals surface area (Å²) in [5.41, 5.74) is -0.745. The van der Waals surface area contributed by atoms with Gasteiger partial charge in [-0.1, -0.05) is 0 Å². The molecule has 0 aliphatic carbocycles. The van der Waals surface area contributed by atoms with Crippen LogP contribution in [0.5, 0.6) is 0 Å². The number of nitrogens with one attached hydrogen (secondary N) is 1. The highest BCUT2D eigenvalue weighted by Crippen LogP contribution is 2.32. The summed E-state index contributed by atoms with van der Waals surface area (Å²) in [6, 6.07) is 7.02. The third kappa shape index (κ3) is 2.52. The predicted molar refractivity (Wildman–Crippen MR) is 85.5 cm³/mol. The lowest BCUT2D eigenvalue weighted by atomic mass is 10.1. The Morgan fingerprint density at radius 2 is 2.00 bits per heavy atom. The molecule has 0 atom stereocenters. The number of halogens is 3. The lowest BCUT2D eigenvalue weighted by Gasteiger charge is -2.12. The van der Waals surface area contributed by atoms with Crippen LogP contribution in [-0.4, -0.2) is 11.1 Å². The van der Waals surface area contributed by atoms with Crippen molar-refractivity contribution in [1.82, 2.24) is 0 Å². The van der Waals surface area contributed by atoms with E-state index in [-0.39, 0.29) is 22.5 Å². The minimum absolute atomic E-state index is 0.0206. The predicted octanol–water partition coefficient (Wildman–Crippen LogP) is 4.76. The van der Waals surface area contributed by atoms with Crippen molar-refractivity contribution in [2.75, 3.05) is 5.32 Å². The van der Waals surface area contributed by atoms with Gasteiger partial charge in [-0.2, -0.15) is 0 Å². The van der Waals surface area contributed by atoms with Crippen LogP contribution in [0.1, 0.15) is 10.4 Å². The summed E-state index contributed by atoms with van der Waals surface area (Å²) in [6.45, 7) is 0. The van der Waals surface area contributed by atoms with E-state index in [0.717, 1.165) is 0 Å². The molecule has 0 amide bonds. The Balaban J connectivity index is 2.18. The summed E-state index contributed by atoms with van der Waals surface area (Å²) in [5, 5.41) is 12.1. The first-order chi connectivity index (χ1) is 10.5. The highest BCUT2D eigenvalue weighted by Gasteiger charge is 2.21. The van der Waals surface area contributed by atoms with Crippen LogP contribution in [0.4, 0.5) is 20.2 Å². The van der Waals surface area contributed by atoms with Gasteiger partial charge in [0.1, 0.15) is 5.82 Å². The second-order valence-electron chi connectivity index (χ2n) is 4.51. The number of hydrogen-bond donors (Lipinski definition) is 2. The lowest BCUT2D eigenvalue weighted by molar-refractivity contribution is 0.0697.